The van der Waals surface area contributed by atoms with Gasteiger partial charge in [-0.3, -0.25) is 0 Å². The molecule has 0 saturated carbocycles. The zero-order valence-corrected chi connectivity index (χ0v) is 14.0. The summed E-state index contributed by atoms with van der Waals surface area (Å²) >= 11 is 12.0. The number of aromatic carboxylic acids is 1. The predicted molar refractivity (Wildman–Crippen MR) is 88.7 cm³/mol. The standard InChI is InChI=1S/C16H13Cl2N3O2/c1-8-11(5-10-3-4-13(17)14(18)6-10)9(2)21-15(20-8)12(7-19-21)16(22)23/h3-4,6-7H,5H2,1-2H3,(H,22,23). The van der Waals surface area contributed by atoms with Crippen LogP contribution in [0.2, 0.25) is 10.0 Å². The average Bonchev–Trinajstić information content (AvgIpc) is 2.91. The number of carbonyl (C=O) groups is 1. The van der Waals surface area contributed by atoms with Gasteiger partial charge in [-0.15, -0.1) is 0 Å². The molecule has 0 aliphatic heterocycles. The first-order valence-electron chi connectivity index (χ1n) is 6.89. The van der Waals surface area contributed by atoms with Crippen LogP contribution in [0.3, 0.4) is 0 Å². The quantitative estimate of drug-likeness (QED) is 0.777. The summed E-state index contributed by atoms with van der Waals surface area (Å²) < 4.78 is 1.56. The lowest BCUT2D eigenvalue weighted by atomic mass is 10.0. The number of hydrogen-bond donors (Lipinski definition) is 1. The molecule has 0 atom stereocenters. The number of aryl methyl sites for hydroxylation is 2. The summed E-state index contributed by atoms with van der Waals surface area (Å²) in [5.74, 6) is -1.04. The van der Waals surface area contributed by atoms with Gasteiger partial charge in [0.2, 0.25) is 0 Å². The van der Waals surface area contributed by atoms with E-state index in [1.165, 1.54) is 6.20 Å². The third kappa shape index (κ3) is 2.78. The van der Waals surface area contributed by atoms with Crippen LogP contribution in [0.1, 0.15) is 32.9 Å². The molecule has 0 amide bonds. The van der Waals surface area contributed by atoms with Crippen LogP contribution in [0.15, 0.2) is 24.4 Å². The lowest BCUT2D eigenvalue weighted by Crippen LogP contribution is -2.07. The molecule has 2 heterocycles. The maximum absolute atomic E-state index is 11.2. The third-order valence-electron chi connectivity index (χ3n) is 3.80. The maximum atomic E-state index is 11.2. The highest BCUT2D eigenvalue weighted by Crippen LogP contribution is 2.26. The molecule has 2 aromatic heterocycles. The van der Waals surface area contributed by atoms with Crippen molar-refractivity contribution in [2.45, 2.75) is 20.3 Å². The summed E-state index contributed by atoms with van der Waals surface area (Å²) in [6.45, 7) is 3.76. The Labute approximate surface area is 142 Å². The van der Waals surface area contributed by atoms with Crippen molar-refractivity contribution in [1.82, 2.24) is 14.6 Å². The van der Waals surface area contributed by atoms with Crippen molar-refractivity contribution in [2.24, 2.45) is 0 Å². The van der Waals surface area contributed by atoms with Crippen molar-refractivity contribution < 1.29 is 9.90 Å². The first kappa shape index (κ1) is 15.8. The molecule has 0 spiro atoms. The average molecular weight is 350 g/mol. The van der Waals surface area contributed by atoms with Crippen LogP contribution in [-0.2, 0) is 6.42 Å². The molecule has 0 bridgehead atoms. The lowest BCUT2D eigenvalue weighted by Gasteiger charge is -2.12. The topological polar surface area (TPSA) is 67.5 Å². The molecule has 0 saturated heterocycles. The van der Waals surface area contributed by atoms with E-state index in [1.807, 2.05) is 26.0 Å². The number of nitrogens with zero attached hydrogens (tertiary/aromatic N) is 3. The van der Waals surface area contributed by atoms with Gasteiger partial charge in [-0.2, -0.15) is 5.10 Å². The molecule has 1 aromatic carbocycles. The summed E-state index contributed by atoms with van der Waals surface area (Å²) in [6, 6.07) is 5.48. The SMILES string of the molecule is Cc1nc2c(C(=O)O)cnn2c(C)c1Cc1ccc(Cl)c(Cl)c1. The molecular weight excluding hydrogens is 337 g/mol. The largest absolute Gasteiger partial charge is 0.477 e. The number of aromatic nitrogens is 3. The van der Waals surface area contributed by atoms with Gasteiger partial charge >= 0.3 is 5.97 Å². The fraction of sp³-hybridized carbons (Fsp3) is 0.188. The number of hydrogen-bond acceptors (Lipinski definition) is 3. The van der Waals surface area contributed by atoms with E-state index >= 15 is 0 Å². The number of carboxylic acid groups (broad SMARTS) is 1. The van der Waals surface area contributed by atoms with Crippen molar-refractivity contribution in [3.63, 3.8) is 0 Å². The highest BCUT2D eigenvalue weighted by Gasteiger charge is 2.17. The summed E-state index contributed by atoms with van der Waals surface area (Å²) in [6.07, 6.45) is 1.93. The normalized spacial score (nSPS) is 11.1. The molecule has 23 heavy (non-hydrogen) atoms. The molecule has 3 aromatic rings. The molecule has 1 N–H and O–H groups in total. The Morgan fingerprint density at radius 1 is 1.26 bits per heavy atom. The van der Waals surface area contributed by atoms with Crippen LogP contribution in [0.4, 0.5) is 0 Å². The Balaban J connectivity index is 2.11. The van der Waals surface area contributed by atoms with Crippen LogP contribution in [0, 0.1) is 13.8 Å². The van der Waals surface area contributed by atoms with Crippen LogP contribution < -0.4 is 0 Å². The predicted octanol–water partition coefficient (Wildman–Crippen LogP) is 3.94. The third-order valence-corrected chi connectivity index (χ3v) is 4.54. The molecule has 0 aliphatic carbocycles. The van der Waals surface area contributed by atoms with Crippen LogP contribution >= 0.6 is 23.2 Å². The monoisotopic (exact) mass is 349 g/mol. The van der Waals surface area contributed by atoms with E-state index in [9.17, 15) is 9.90 Å². The maximum Gasteiger partial charge on any atom is 0.341 e. The van der Waals surface area contributed by atoms with Crippen LogP contribution in [0.5, 0.6) is 0 Å². The van der Waals surface area contributed by atoms with Gasteiger partial charge in [-0.1, -0.05) is 29.3 Å². The van der Waals surface area contributed by atoms with Gasteiger partial charge in [0.25, 0.3) is 0 Å². The minimum absolute atomic E-state index is 0.0947. The number of carboxylic acids is 1. The lowest BCUT2D eigenvalue weighted by molar-refractivity contribution is 0.0699. The zero-order chi connectivity index (χ0) is 16.7. The van der Waals surface area contributed by atoms with E-state index in [0.717, 1.165) is 22.5 Å². The second-order valence-electron chi connectivity index (χ2n) is 5.29. The number of rotatable bonds is 3. The van der Waals surface area contributed by atoms with Gasteiger partial charge in [0.15, 0.2) is 5.65 Å². The highest BCUT2D eigenvalue weighted by molar-refractivity contribution is 6.42. The number of halogens is 2. The summed E-state index contributed by atoms with van der Waals surface area (Å²) in [5, 5.41) is 14.3. The molecule has 3 rings (SSSR count). The second-order valence-corrected chi connectivity index (χ2v) is 6.10. The van der Waals surface area contributed by atoms with Gasteiger partial charge < -0.3 is 5.11 Å². The van der Waals surface area contributed by atoms with Crippen molar-refractivity contribution >= 4 is 34.8 Å². The molecule has 0 unspecified atom stereocenters. The summed E-state index contributed by atoms with van der Waals surface area (Å²) in [5.41, 5.74) is 4.05. The van der Waals surface area contributed by atoms with E-state index in [4.69, 9.17) is 23.2 Å². The van der Waals surface area contributed by atoms with Gasteiger partial charge in [-0.05, 0) is 37.1 Å². The van der Waals surface area contributed by atoms with Gasteiger partial charge in [0.05, 0.1) is 16.2 Å². The Morgan fingerprint density at radius 3 is 2.65 bits per heavy atom. The second kappa shape index (κ2) is 5.83. The molecule has 0 fully saturated rings. The van der Waals surface area contributed by atoms with E-state index in [2.05, 4.69) is 10.1 Å². The van der Waals surface area contributed by atoms with E-state index in [-0.39, 0.29) is 5.56 Å². The van der Waals surface area contributed by atoms with Crippen molar-refractivity contribution in [3.8, 4) is 0 Å². The Hall–Kier alpha value is -2.11. The molecule has 0 radical (unpaired) electrons. The van der Waals surface area contributed by atoms with E-state index in [1.54, 1.807) is 10.6 Å². The van der Waals surface area contributed by atoms with Gasteiger partial charge in [0, 0.05) is 17.8 Å². The zero-order valence-electron chi connectivity index (χ0n) is 12.5. The van der Waals surface area contributed by atoms with Gasteiger partial charge in [-0.25, -0.2) is 14.3 Å². The number of benzene rings is 1. The first-order valence-corrected chi connectivity index (χ1v) is 7.65. The fourth-order valence-corrected chi connectivity index (χ4v) is 2.89. The molecule has 5 nitrogen and oxygen atoms in total. The summed E-state index contributed by atoms with van der Waals surface area (Å²) in [4.78, 5) is 15.6. The van der Waals surface area contributed by atoms with Crippen LogP contribution in [0.25, 0.3) is 5.65 Å². The van der Waals surface area contributed by atoms with Crippen molar-refractivity contribution in [2.75, 3.05) is 0 Å². The molecule has 118 valence electrons. The minimum atomic E-state index is -1.04. The number of fused-ring (bicyclic) bond motifs is 1. The van der Waals surface area contributed by atoms with E-state index < -0.39 is 5.97 Å². The van der Waals surface area contributed by atoms with E-state index in [0.29, 0.717) is 22.1 Å². The summed E-state index contributed by atoms with van der Waals surface area (Å²) in [7, 11) is 0. The van der Waals surface area contributed by atoms with Crippen molar-refractivity contribution in [3.05, 3.63) is 62.5 Å². The Morgan fingerprint density at radius 2 is 2.00 bits per heavy atom. The highest BCUT2D eigenvalue weighted by atomic mass is 35.5. The first-order chi connectivity index (χ1) is 10.9. The molecule has 7 heteroatoms. The Kier molecular flexibility index (Phi) is 4.00. The van der Waals surface area contributed by atoms with Gasteiger partial charge in [0.1, 0.15) is 5.56 Å². The Bertz CT molecular complexity index is 935. The smallest absolute Gasteiger partial charge is 0.341 e. The molecular formula is C16H13Cl2N3O2. The van der Waals surface area contributed by atoms with Crippen LogP contribution in [-0.4, -0.2) is 25.7 Å². The molecule has 0 aliphatic rings. The van der Waals surface area contributed by atoms with Crippen molar-refractivity contribution in [1.29, 1.82) is 0 Å². The minimum Gasteiger partial charge on any atom is -0.477 e. The fourth-order valence-electron chi connectivity index (χ4n) is 2.57.